The lowest BCUT2D eigenvalue weighted by molar-refractivity contribution is 0.102. The lowest BCUT2D eigenvalue weighted by atomic mass is 10.1. The Morgan fingerprint density at radius 1 is 1.00 bits per heavy atom. The van der Waals surface area contributed by atoms with E-state index in [0.717, 1.165) is 0 Å². The van der Waals surface area contributed by atoms with Crippen LogP contribution in [0.2, 0.25) is 5.02 Å². The SMILES string of the molecule is O=C(Nc1ccc(Cl)cc1)c1ccc(NCCc2ccccc2F)nn1. The van der Waals surface area contributed by atoms with E-state index in [1.54, 1.807) is 54.6 Å². The Labute approximate surface area is 155 Å². The van der Waals surface area contributed by atoms with E-state index in [2.05, 4.69) is 20.8 Å². The summed E-state index contributed by atoms with van der Waals surface area (Å²) in [5, 5.41) is 14.2. The van der Waals surface area contributed by atoms with Gasteiger partial charge in [0, 0.05) is 17.3 Å². The van der Waals surface area contributed by atoms with Crippen LogP contribution in [0.15, 0.2) is 60.7 Å². The van der Waals surface area contributed by atoms with E-state index < -0.39 is 0 Å². The van der Waals surface area contributed by atoms with Crippen LogP contribution < -0.4 is 10.6 Å². The van der Waals surface area contributed by atoms with Crippen molar-refractivity contribution in [1.82, 2.24) is 10.2 Å². The summed E-state index contributed by atoms with van der Waals surface area (Å²) in [6.07, 6.45) is 0.521. The Morgan fingerprint density at radius 3 is 2.46 bits per heavy atom. The zero-order valence-electron chi connectivity index (χ0n) is 13.7. The highest BCUT2D eigenvalue weighted by Crippen LogP contribution is 2.14. The van der Waals surface area contributed by atoms with Gasteiger partial charge in [-0.3, -0.25) is 4.79 Å². The summed E-state index contributed by atoms with van der Waals surface area (Å²) in [5.74, 6) is -0.0725. The molecule has 5 nitrogen and oxygen atoms in total. The molecule has 132 valence electrons. The summed E-state index contributed by atoms with van der Waals surface area (Å²) in [4.78, 5) is 12.1. The van der Waals surface area contributed by atoms with Gasteiger partial charge in [-0.1, -0.05) is 29.8 Å². The normalized spacial score (nSPS) is 10.4. The van der Waals surface area contributed by atoms with E-state index in [0.29, 0.717) is 35.1 Å². The zero-order valence-corrected chi connectivity index (χ0v) is 14.5. The van der Waals surface area contributed by atoms with Crippen molar-refractivity contribution in [2.24, 2.45) is 0 Å². The van der Waals surface area contributed by atoms with Crippen molar-refractivity contribution in [2.75, 3.05) is 17.2 Å². The molecule has 2 N–H and O–H groups in total. The number of rotatable bonds is 6. The van der Waals surface area contributed by atoms with Crippen LogP contribution in [0, 0.1) is 5.82 Å². The molecule has 0 spiro atoms. The molecule has 0 aliphatic rings. The fourth-order valence-corrected chi connectivity index (χ4v) is 2.43. The Balaban J connectivity index is 1.53. The Hall–Kier alpha value is -2.99. The van der Waals surface area contributed by atoms with Gasteiger partial charge in [0.15, 0.2) is 5.69 Å². The third kappa shape index (κ3) is 4.77. The molecule has 0 fully saturated rings. The third-order valence-corrected chi connectivity index (χ3v) is 3.91. The lowest BCUT2D eigenvalue weighted by Crippen LogP contribution is -2.15. The van der Waals surface area contributed by atoms with Gasteiger partial charge < -0.3 is 10.6 Å². The van der Waals surface area contributed by atoms with Crippen molar-refractivity contribution < 1.29 is 9.18 Å². The smallest absolute Gasteiger partial charge is 0.276 e. The van der Waals surface area contributed by atoms with Gasteiger partial charge in [0.25, 0.3) is 5.91 Å². The minimum Gasteiger partial charge on any atom is -0.368 e. The monoisotopic (exact) mass is 370 g/mol. The Bertz CT molecular complexity index is 885. The van der Waals surface area contributed by atoms with E-state index in [1.165, 1.54) is 6.07 Å². The first-order chi connectivity index (χ1) is 12.6. The number of aromatic nitrogens is 2. The maximum absolute atomic E-state index is 13.6. The van der Waals surface area contributed by atoms with E-state index in [-0.39, 0.29) is 17.4 Å². The van der Waals surface area contributed by atoms with Crippen LogP contribution in [0.1, 0.15) is 16.1 Å². The molecular weight excluding hydrogens is 355 g/mol. The second kappa shape index (κ2) is 8.40. The predicted molar refractivity (Wildman–Crippen MR) is 100 cm³/mol. The molecule has 0 aliphatic carbocycles. The first-order valence-electron chi connectivity index (χ1n) is 8.00. The minimum atomic E-state index is -0.363. The number of anilines is 2. The van der Waals surface area contributed by atoms with E-state index in [4.69, 9.17) is 11.6 Å². The number of amides is 1. The largest absolute Gasteiger partial charge is 0.368 e. The predicted octanol–water partition coefficient (Wildman–Crippen LogP) is 4.18. The van der Waals surface area contributed by atoms with Crippen molar-refractivity contribution in [3.8, 4) is 0 Å². The standard InChI is InChI=1S/C19H16ClFN4O/c20-14-5-7-15(8-6-14)23-19(26)17-9-10-18(25-24-17)22-12-11-13-3-1-2-4-16(13)21/h1-10H,11-12H2,(H,22,25)(H,23,26). The van der Waals surface area contributed by atoms with Gasteiger partial charge >= 0.3 is 0 Å². The average Bonchev–Trinajstić information content (AvgIpc) is 2.66. The quantitative estimate of drug-likeness (QED) is 0.683. The summed E-state index contributed by atoms with van der Waals surface area (Å²) in [6.45, 7) is 0.506. The highest BCUT2D eigenvalue weighted by molar-refractivity contribution is 6.30. The molecule has 3 rings (SSSR count). The molecule has 1 heterocycles. The molecule has 0 atom stereocenters. The minimum absolute atomic E-state index is 0.194. The van der Waals surface area contributed by atoms with Gasteiger partial charge in [-0.25, -0.2) is 4.39 Å². The van der Waals surface area contributed by atoms with Gasteiger partial charge in [0.2, 0.25) is 0 Å². The molecule has 1 aromatic heterocycles. The number of benzene rings is 2. The molecular formula is C19H16ClFN4O. The van der Waals surface area contributed by atoms with Crippen molar-refractivity contribution in [1.29, 1.82) is 0 Å². The van der Waals surface area contributed by atoms with E-state index in [1.807, 2.05) is 0 Å². The second-order valence-electron chi connectivity index (χ2n) is 5.53. The fraction of sp³-hybridized carbons (Fsp3) is 0.105. The highest BCUT2D eigenvalue weighted by atomic mass is 35.5. The first kappa shape index (κ1) is 17.8. The summed E-state index contributed by atoms with van der Waals surface area (Å²) in [6, 6.07) is 16.6. The topological polar surface area (TPSA) is 66.9 Å². The zero-order chi connectivity index (χ0) is 18.4. The summed E-state index contributed by atoms with van der Waals surface area (Å²) in [5.41, 5.74) is 1.44. The molecule has 26 heavy (non-hydrogen) atoms. The van der Waals surface area contributed by atoms with Gasteiger partial charge in [-0.15, -0.1) is 10.2 Å². The number of carbonyl (C=O) groups excluding carboxylic acids is 1. The molecule has 0 radical (unpaired) electrons. The molecule has 0 saturated heterocycles. The van der Waals surface area contributed by atoms with Crippen LogP contribution in [-0.4, -0.2) is 22.6 Å². The Kier molecular flexibility index (Phi) is 5.76. The van der Waals surface area contributed by atoms with Gasteiger partial charge in [0.05, 0.1) is 0 Å². The van der Waals surface area contributed by atoms with Gasteiger partial charge in [0.1, 0.15) is 11.6 Å². The van der Waals surface area contributed by atoms with Crippen molar-refractivity contribution >= 4 is 29.0 Å². The van der Waals surface area contributed by atoms with Crippen LogP contribution in [0.4, 0.5) is 15.9 Å². The third-order valence-electron chi connectivity index (χ3n) is 3.66. The maximum atomic E-state index is 13.6. The number of hydrogen-bond acceptors (Lipinski definition) is 4. The maximum Gasteiger partial charge on any atom is 0.276 e. The molecule has 3 aromatic rings. The number of hydrogen-bond donors (Lipinski definition) is 2. The second-order valence-corrected chi connectivity index (χ2v) is 5.97. The summed E-state index contributed by atoms with van der Waals surface area (Å²) in [7, 11) is 0. The first-order valence-corrected chi connectivity index (χ1v) is 8.37. The molecule has 0 unspecified atom stereocenters. The fourth-order valence-electron chi connectivity index (χ4n) is 2.30. The van der Waals surface area contributed by atoms with Crippen LogP contribution in [-0.2, 0) is 6.42 Å². The number of nitrogens with one attached hydrogen (secondary N) is 2. The van der Waals surface area contributed by atoms with Crippen molar-refractivity contribution in [2.45, 2.75) is 6.42 Å². The summed E-state index contributed by atoms with van der Waals surface area (Å²) < 4.78 is 13.6. The van der Waals surface area contributed by atoms with Crippen LogP contribution in [0.25, 0.3) is 0 Å². The molecule has 0 saturated carbocycles. The molecule has 1 amide bonds. The van der Waals surface area contributed by atoms with Crippen LogP contribution in [0.5, 0.6) is 0 Å². The van der Waals surface area contributed by atoms with Crippen LogP contribution >= 0.6 is 11.6 Å². The van der Waals surface area contributed by atoms with Crippen molar-refractivity contribution in [3.05, 3.63) is 82.8 Å². The van der Waals surface area contributed by atoms with E-state index in [9.17, 15) is 9.18 Å². The van der Waals surface area contributed by atoms with Crippen molar-refractivity contribution in [3.63, 3.8) is 0 Å². The molecule has 2 aromatic carbocycles. The molecule has 0 aliphatic heterocycles. The lowest BCUT2D eigenvalue weighted by Gasteiger charge is -2.07. The van der Waals surface area contributed by atoms with Gasteiger partial charge in [-0.05, 0) is 54.4 Å². The average molecular weight is 371 g/mol. The molecule has 7 heteroatoms. The number of carbonyl (C=O) groups is 1. The van der Waals surface area contributed by atoms with Gasteiger partial charge in [-0.2, -0.15) is 0 Å². The Morgan fingerprint density at radius 2 is 1.77 bits per heavy atom. The van der Waals surface area contributed by atoms with Crippen LogP contribution in [0.3, 0.4) is 0 Å². The highest BCUT2D eigenvalue weighted by Gasteiger charge is 2.09. The number of halogens is 2. The van der Waals surface area contributed by atoms with E-state index >= 15 is 0 Å². The summed E-state index contributed by atoms with van der Waals surface area (Å²) >= 11 is 5.81. The number of nitrogens with zero attached hydrogens (tertiary/aromatic N) is 2. The molecule has 0 bridgehead atoms.